The van der Waals surface area contributed by atoms with Crippen molar-refractivity contribution >= 4 is 23.9 Å². The molecule has 0 amide bonds. The number of nitrogens with zero attached hydrogens (tertiary/aromatic N) is 1. The average molecular weight is 397 g/mol. The molecule has 1 heterocycles. The first kappa shape index (κ1) is 23.6. The van der Waals surface area contributed by atoms with Crippen LogP contribution in [-0.4, -0.2) is 104 Å². The lowest BCUT2D eigenvalue weighted by Crippen LogP contribution is -2.58. The Labute approximate surface area is 168 Å². The van der Waals surface area contributed by atoms with Crippen LogP contribution in [0.4, 0.5) is 0 Å². The summed E-state index contributed by atoms with van der Waals surface area (Å²) in [7, 11) is 7.86. The van der Waals surface area contributed by atoms with Gasteiger partial charge in [0, 0.05) is 38.8 Å². The molecule has 0 aromatic rings. The molecule has 0 aromatic carbocycles. The van der Waals surface area contributed by atoms with Gasteiger partial charge in [0.2, 0.25) is 0 Å². The van der Waals surface area contributed by atoms with Gasteiger partial charge < -0.3 is 38.5 Å². The first-order chi connectivity index (χ1) is 13.4. The number of aliphatic hydroxyl groups is 2. The maximum absolute atomic E-state index is 10.8. The van der Waals surface area contributed by atoms with Crippen LogP contribution in [-0.2, 0) is 28.3 Å². The van der Waals surface area contributed by atoms with Crippen molar-refractivity contribution in [2.45, 2.75) is 67.7 Å². The van der Waals surface area contributed by atoms with E-state index in [2.05, 4.69) is 6.07 Å². The van der Waals surface area contributed by atoms with E-state index in [0.717, 1.165) is 0 Å². The zero-order chi connectivity index (χ0) is 20.8. The van der Waals surface area contributed by atoms with Gasteiger partial charge in [0.05, 0.1) is 43.2 Å². The van der Waals surface area contributed by atoms with Crippen molar-refractivity contribution in [2.24, 2.45) is 5.92 Å². The molecule has 1 aliphatic heterocycles. The molecule has 1 saturated heterocycles. The van der Waals surface area contributed by atoms with Crippen LogP contribution in [0.1, 0.15) is 12.8 Å². The number of aliphatic hydroxyl groups excluding tert-OH is 2. The van der Waals surface area contributed by atoms with Gasteiger partial charge in [0.15, 0.2) is 6.29 Å². The molecule has 2 rings (SSSR count). The molecule has 2 N–H and O–H groups in total. The molecule has 12 heteroatoms. The highest BCUT2D eigenvalue weighted by Crippen LogP contribution is 2.38. The van der Waals surface area contributed by atoms with E-state index in [4.69, 9.17) is 28.3 Å². The zero-order valence-electron chi connectivity index (χ0n) is 17.2. The van der Waals surface area contributed by atoms with E-state index in [1.54, 1.807) is 23.0 Å². The third-order valence-electron chi connectivity index (χ3n) is 5.78. The van der Waals surface area contributed by atoms with E-state index < -0.39 is 54.6 Å². The summed E-state index contributed by atoms with van der Waals surface area (Å²) >= 11 is 0. The molecule has 0 bridgehead atoms. The smallest absolute Gasteiger partial charge is 0.257 e. The minimum atomic E-state index is -0.932. The number of hydrogen-bond donors (Lipinski definition) is 2. The van der Waals surface area contributed by atoms with Crippen molar-refractivity contribution in [2.75, 3.05) is 20.8 Å². The monoisotopic (exact) mass is 397 g/mol. The largest absolute Gasteiger partial charge is 0.441 e. The molecule has 28 heavy (non-hydrogen) atoms. The van der Waals surface area contributed by atoms with Crippen LogP contribution in [0.3, 0.4) is 0 Å². The summed E-state index contributed by atoms with van der Waals surface area (Å²) in [5.41, 5.74) is 0. The molecule has 9 nitrogen and oxygen atoms in total. The van der Waals surface area contributed by atoms with Gasteiger partial charge in [-0.1, -0.05) is 0 Å². The number of hydrogen-bond acceptors (Lipinski definition) is 9. The highest BCUT2D eigenvalue weighted by Gasteiger charge is 2.49. The summed E-state index contributed by atoms with van der Waals surface area (Å²) in [5.74, 6) is -0.950. The van der Waals surface area contributed by atoms with E-state index in [1.807, 2.05) is 0 Å². The quantitative estimate of drug-likeness (QED) is 0.406. The van der Waals surface area contributed by atoms with Crippen LogP contribution >= 0.6 is 0 Å². The van der Waals surface area contributed by atoms with Crippen molar-refractivity contribution < 1.29 is 38.5 Å². The van der Waals surface area contributed by atoms with Gasteiger partial charge >= 0.3 is 0 Å². The Hall–Kier alpha value is -0.635. The summed E-state index contributed by atoms with van der Waals surface area (Å²) in [4.78, 5) is 0. The van der Waals surface area contributed by atoms with Crippen molar-refractivity contribution in [3.05, 3.63) is 0 Å². The number of rotatable bonds is 8. The molecule has 2 aliphatic rings. The Morgan fingerprint density at radius 2 is 1.86 bits per heavy atom. The van der Waals surface area contributed by atoms with Gasteiger partial charge in [0.1, 0.15) is 20.1 Å². The summed E-state index contributed by atoms with van der Waals surface area (Å²) in [5, 5.41) is 30.7. The Morgan fingerprint density at radius 3 is 2.39 bits per heavy atom. The molecule has 156 valence electrons. The third kappa shape index (κ3) is 5.09. The van der Waals surface area contributed by atoms with Gasteiger partial charge in [-0.25, -0.2) is 0 Å². The second kappa shape index (κ2) is 10.9. The summed E-state index contributed by atoms with van der Waals surface area (Å²) < 4.78 is 33.5. The Bertz CT molecular complexity index is 527. The van der Waals surface area contributed by atoms with Gasteiger partial charge in [-0.05, 0) is 0 Å². The number of methoxy groups -OCH3 is 2. The average Bonchev–Trinajstić information content (AvgIpc) is 2.67. The summed E-state index contributed by atoms with van der Waals surface area (Å²) in [6, 6.07) is 2.20. The highest BCUT2D eigenvalue weighted by atomic mass is 16.7. The summed E-state index contributed by atoms with van der Waals surface area (Å²) in [6.07, 6.45) is -4.24. The molecule has 1 saturated carbocycles. The van der Waals surface area contributed by atoms with E-state index in [0.29, 0.717) is 6.42 Å². The van der Waals surface area contributed by atoms with E-state index in [-0.39, 0.29) is 19.1 Å². The molecule has 0 radical (unpaired) electrons. The van der Waals surface area contributed by atoms with E-state index >= 15 is 0 Å². The van der Waals surface area contributed by atoms with Crippen LogP contribution in [0.5, 0.6) is 0 Å². The SMILES string of the molecule is BOCC1OC(O[C@@H]2C[C@H](OC)[C@H](OC)C(O)C2C(B)C#N)CC(O)[C@@H]1OB. The van der Waals surface area contributed by atoms with Crippen LogP contribution in [0.25, 0.3) is 0 Å². The van der Waals surface area contributed by atoms with Crippen molar-refractivity contribution in [1.29, 1.82) is 5.26 Å². The van der Waals surface area contributed by atoms with Crippen LogP contribution in [0.15, 0.2) is 0 Å². The minimum absolute atomic E-state index is 0.213. The third-order valence-corrected chi connectivity index (χ3v) is 5.78. The minimum Gasteiger partial charge on any atom is -0.441 e. The Balaban J connectivity index is 2.17. The number of ether oxygens (including phenoxy) is 4. The van der Waals surface area contributed by atoms with Gasteiger partial charge in [-0.15, -0.1) is 0 Å². The Morgan fingerprint density at radius 1 is 1.14 bits per heavy atom. The summed E-state index contributed by atoms with van der Waals surface area (Å²) in [6.45, 7) is 0.243. The molecule has 10 atom stereocenters. The predicted octanol–water partition coefficient (Wildman–Crippen LogP) is -3.30. The highest BCUT2D eigenvalue weighted by molar-refractivity contribution is 6.13. The molecule has 0 spiro atoms. The van der Waals surface area contributed by atoms with Crippen LogP contribution in [0, 0.1) is 17.2 Å². The number of nitriles is 1. The molecular formula is C16H30B3NO8. The van der Waals surface area contributed by atoms with Crippen molar-refractivity contribution in [3.8, 4) is 6.07 Å². The van der Waals surface area contributed by atoms with Crippen molar-refractivity contribution in [3.63, 3.8) is 0 Å². The maximum Gasteiger partial charge on any atom is 0.257 e. The fourth-order valence-electron chi connectivity index (χ4n) is 4.35. The van der Waals surface area contributed by atoms with Crippen molar-refractivity contribution in [1.82, 2.24) is 0 Å². The standard InChI is InChI=1S/C16H30B3NO8/c1-23-10-4-9(13(7(17)5-20)14(22)16(10)24-2)26-12-3-8(21)15(28-19)11(27-12)6-25-18/h7-16,21-22H,3-4,6,17-19H2,1-2H3/t7?,8?,9-,10+,11?,12?,13?,14?,15+,16+/m1/s1. The molecule has 1 aliphatic carbocycles. The normalized spacial score (nSPS) is 42.6. The lowest BCUT2D eigenvalue weighted by molar-refractivity contribution is -0.284. The van der Waals surface area contributed by atoms with Crippen LogP contribution < -0.4 is 0 Å². The lowest BCUT2D eigenvalue weighted by Gasteiger charge is -2.47. The molecule has 0 aromatic heterocycles. The second-order valence-electron chi connectivity index (χ2n) is 7.43. The van der Waals surface area contributed by atoms with E-state index in [9.17, 15) is 15.5 Å². The lowest BCUT2D eigenvalue weighted by atomic mass is 9.66. The van der Waals surface area contributed by atoms with Crippen LogP contribution in [0.2, 0.25) is 5.82 Å². The second-order valence-corrected chi connectivity index (χ2v) is 7.43. The first-order valence-corrected chi connectivity index (χ1v) is 9.55. The van der Waals surface area contributed by atoms with Gasteiger partial charge in [0.25, 0.3) is 16.1 Å². The predicted molar refractivity (Wildman–Crippen MR) is 106 cm³/mol. The fourth-order valence-corrected chi connectivity index (χ4v) is 4.35. The molecule has 6 unspecified atom stereocenters. The fraction of sp³-hybridized carbons (Fsp3) is 0.938. The Kier molecular flexibility index (Phi) is 9.24. The zero-order valence-corrected chi connectivity index (χ0v) is 17.2. The van der Waals surface area contributed by atoms with Gasteiger partial charge in [-0.2, -0.15) is 5.26 Å². The van der Waals surface area contributed by atoms with Gasteiger partial charge in [-0.3, -0.25) is 0 Å². The molecule has 2 fully saturated rings. The molecular weight excluding hydrogens is 367 g/mol. The first-order valence-electron chi connectivity index (χ1n) is 9.55. The maximum atomic E-state index is 10.8. The topological polar surface area (TPSA) is 120 Å². The van der Waals surface area contributed by atoms with E-state index in [1.165, 1.54) is 15.2 Å².